The number of piperidine rings is 1. The predicted molar refractivity (Wildman–Crippen MR) is 65.1 cm³/mol. The lowest BCUT2D eigenvalue weighted by Gasteiger charge is -2.22. The molecule has 8 nitrogen and oxygen atoms in total. The van der Waals surface area contributed by atoms with Gasteiger partial charge in [0.05, 0.1) is 11.5 Å². The molecule has 8 heteroatoms. The fraction of sp³-hybridized carbons (Fsp3) is 0.250. The number of carbonyl (C=O) groups excluding carboxylic acids is 2. The molecule has 1 fully saturated rings. The molecule has 1 unspecified atom stereocenters. The summed E-state index contributed by atoms with van der Waals surface area (Å²) < 4.78 is 1.56. The largest absolute Gasteiger partial charge is 0.478 e. The topological polar surface area (TPSA) is 114 Å². The Morgan fingerprint density at radius 1 is 1.40 bits per heavy atom. The fourth-order valence-corrected chi connectivity index (χ4v) is 2.32. The first kappa shape index (κ1) is 12.3. The van der Waals surface area contributed by atoms with Gasteiger partial charge in [-0.2, -0.15) is 0 Å². The van der Waals surface area contributed by atoms with Crippen LogP contribution in [0.5, 0.6) is 0 Å². The van der Waals surface area contributed by atoms with Crippen LogP contribution < -0.4 is 5.32 Å². The minimum absolute atomic E-state index is 0.0326. The lowest BCUT2D eigenvalue weighted by Crippen LogP contribution is -2.40. The predicted octanol–water partition coefficient (Wildman–Crippen LogP) is -0.0523. The minimum atomic E-state index is -1.11. The Morgan fingerprint density at radius 2 is 2.20 bits per heavy atom. The van der Waals surface area contributed by atoms with E-state index in [1.54, 1.807) is 4.40 Å². The van der Waals surface area contributed by atoms with Gasteiger partial charge >= 0.3 is 5.97 Å². The monoisotopic (exact) mass is 274 g/mol. The number of carboxylic acid groups (broad SMARTS) is 1. The molecule has 102 valence electrons. The SMILES string of the molecule is O=C1CCC(c2cc(C(=O)O)cc3nncn23)C(=O)N1. The number of pyridine rings is 1. The van der Waals surface area contributed by atoms with Gasteiger partial charge in [0.25, 0.3) is 0 Å². The smallest absolute Gasteiger partial charge is 0.335 e. The van der Waals surface area contributed by atoms with Crippen molar-refractivity contribution < 1.29 is 19.5 Å². The zero-order valence-electron chi connectivity index (χ0n) is 10.2. The van der Waals surface area contributed by atoms with Crippen molar-refractivity contribution in [2.24, 2.45) is 0 Å². The van der Waals surface area contributed by atoms with Gasteiger partial charge in [0.15, 0.2) is 5.65 Å². The van der Waals surface area contributed by atoms with E-state index in [9.17, 15) is 14.4 Å². The van der Waals surface area contributed by atoms with Gasteiger partial charge in [-0.1, -0.05) is 0 Å². The molecular weight excluding hydrogens is 264 g/mol. The second-order valence-electron chi connectivity index (χ2n) is 4.54. The highest BCUT2D eigenvalue weighted by molar-refractivity contribution is 6.01. The number of hydrogen-bond donors (Lipinski definition) is 2. The third kappa shape index (κ3) is 1.91. The van der Waals surface area contributed by atoms with E-state index in [0.29, 0.717) is 17.8 Å². The molecule has 0 saturated carbocycles. The lowest BCUT2D eigenvalue weighted by molar-refractivity contribution is -0.134. The molecule has 3 heterocycles. The van der Waals surface area contributed by atoms with Gasteiger partial charge in [-0.15, -0.1) is 10.2 Å². The van der Waals surface area contributed by atoms with E-state index in [4.69, 9.17) is 5.11 Å². The number of aromatic carboxylic acids is 1. The van der Waals surface area contributed by atoms with Crippen molar-refractivity contribution in [3.63, 3.8) is 0 Å². The van der Waals surface area contributed by atoms with Crippen molar-refractivity contribution in [1.29, 1.82) is 0 Å². The van der Waals surface area contributed by atoms with E-state index in [0.717, 1.165) is 0 Å². The number of imide groups is 1. The summed E-state index contributed by atoms with van der Waals surface area (Å²) >= 11 is 0. The summed E-state index contributed by atoms with van der Waals surface area (Å²) in [7, 11) is 0. The van der Waals surface area contributed by atoms with Crippen LogP contribution in [0.15, 0.2) is 18.5 Å². The number of carboxylic acids is 1. The molecule has 1 aliphatic rings. The average Bonchev–Trinajstić information content (AvgIpc) is 2.86. The quantitative estimate of drug-likeness (QED) is 0.742. The van der Waals surface area contributed by atoms with Crippen LogP contribution >= 0.6 is 0 Å². The standard InChI is InChI=1S/C12H10N4O4/c17-10-2-1-7(11(18)14-10)8-3-6(12(19)20)4-9-15-13-5-16(8)9/h3-5,7H,1-2H2,(H,19,20)(H,14,17,18). The zero-order valence-corrected chi connectivity index (χ0v) is 10.2. The molecule has 1 atom stereocenters. The highest BCUT2D eigenvalue weighted by Gasteiger charge is 2.30. The molecule has 2 aromatic rings. The molecule has 1 aliphatic heterocycles. The normalized spacial score (nSPS) is 19.1. The average molecular weight is 274 g/mol. The Labute approximate surface area is 112 Å². The number of aromatic nitrogens is 3. The molecule has 0 bridgehead atoms. The first-order valence-electron chi connectivity index (χ1n) is 5.97. The van der Waals surface area contributed by atoms with Crippen LogP contribution in [0.4, 0.5) is 0 Å². The van der Waals surface area contributed by atoms with E-state index in [1.807, 2.05) is 0 Å². The second-order valence-corrected chi connectivity index (χ2v) is 4.54. The second kappa shape index (κ2) is 4.41. The number of rotatable bonds is 2. The number of nitrogens with zero attached hydrogens (tertiary/aromatic N) is 3. The summed E-state index contributed by atoms with van der Waals surface area (Å²) in [6.07, 6.45) is 1.97. The maximum atomic E-state index is 11.9. The number of carbonyl (C=O) groups is 3. The lowest BCUT2D eigenvalue weighted by atomic mass is 9.93. The van der Waals surface area contributed by atoms with Crippen LogP contribution in [-0.2, 0) is 9.59 Å². The maximum absolute atomic E-state index is 11.9. The van der Waals surface area contributed by atoms with Crippen molar-refractivity contribution >= 4 is 23.4 Å². The first-order chi connectivity index (χ1) is 9.56. The molecule has 20 heavy (non-hydrogen) atoms. The van der Waals surface area contributed by atoms with E-state index in [2.05, 4.69) is 15.5 Å². The molecule has 0 aromatic carbocycles. The first-order valence-corrected chi connectivity index (χ1v) is 5.97. The molecule has 0 spiro atoms. The molecule has 0 aliphatic carbocycles. The maximum Gasteiger partial charge on any atom is 0.335 e. The number of hydrogen-bond acceptors (Lipinski definition) is 5. The molecule has 0 radical (unpaired) electrons. The van der Waals surface area contributed by atoms with Crippen molar-refractivity contribution in [2.75, 3.05) is 0 Å². The summed E-state index contributed by atoms with van der Waals surface area (Å²) in [6, 6.07) is 2.80. The van der Waals surface area contributed by atoms with E-state index in [1.165, 1.54) is 18.5 Å². The molecule has 1 saturated heterocycles. The third-order valence-corrected chi connectivity index (χ3v) is 3.28. The van der Waals surface area contributed by atoms with Gasteiger partial charge in [0.1, 0.15) is 6.33 Å². The van der Waals surface area contributed by atoms with Crippen molar-refractivity contribution in [1.82, 2.24) is 19.9 Å². The zero-order chi connectivity index (χ0) is 14.3. The Morgan fingerprint density at radius 3 is 2.90 bits per heavy atom. The van der Waals surface area contributed by atoms with E-state index in [-0.39, 0.29) is 17.9 Å². The van der Waals surface area contributed by atoms with Crippen LogP contribution in [0.3, 0.4) is 0 Å². The fourth-order valence-electron chi connectivity index (χ4n) is 2.32. The summed E-state index contributed by atoms with van der Waals surface area (Å²) in [6.45, 7) is 0. The Kier molecular flexibility index (Phi) is 2.70. The Hall–Kier alpha value is -2.77. The van der Waals surface area contributed by atoms with Crippen molar-refractivity contribution in [2.45, 2.75) is 18.8 Å². The van der Waals surface area contributed by atoms with Gasteiger partial charge in [-0.3, -0.25) is 19.3 Å². The van der Waals surface area contributed by atoms with E-state index >= 15 is 0 Å². The van der Waals surface area contributed by atoms with Gasteiger partial charge in [-0.05, 0) is 18.6 Å². The van der Waals surface area contributed by atoms with Crippen molar-refractivity contribution in [3.05, 3.63) is 29.7 Å². The Balaban J connectivity index is 2.14. The van der Waals surface area contributed by atoms with Gasteiger partial charge in [-0.25, -0.2) is 4.79 Å². The highest BCUT2D eigenvalue weighted by Crippen LogP contribution is 2.26. The van der Waals surface area contributed by atoms with Crippen LogP contribution in [0.1, 0.15) is 34.8 Å². The van der Waals surface area contributed by atoms with Gasteiger partial charge < -0.3 is 5.11 Å². The third-order valence-electron chi connectivity index (χ3n) is 3.28. The number of fused-ring (bicyclic) bond motifs is 1. The summed E-state index contributed by atoms with van der Waals surface area (Å²) in [4.78, 5) is 34.2. The van der Waals surface area contributed by atoms with Crippen LogP contribution in [0.25, 0.3) is 5.65 Å². The Bertz CT molecular complexity index is 736. The van der Waals surface area contributed by atoms with Gasteiger partial charge in [0.2, 0.25) is 11.8 Å². The molecular formula is C12H10N4O4. The summed E-state index contributed by atoms with van der Waals surface area (Å²) in [5.74, 6) is -2.45. The van der Waals surface area contributed by atoms with Crippen LogP contribution in [0, 0.1) is 0 Å². The molecule has 2 N–H and O–H groups in total. The molecule has 2 aromatic heterocycles. The molecule has 2 amide bonds. The van der Waals surface area contributed by atoms with Crippen molar-refractivity contribution in [3.8, 4) is 0 Å². The molecule has 3 rings (SSSR count). The number of nitrogens with one attached hydrogen (secondary N) is 1. The van der Waals surface area contributed by atoms with Crippen LogP contribution in [-0.4, -0.2) is 37.5 Å². The van der Waals surface area contributed by atoms with Gasteiger partial charge in [0, 0.05) is 12.1 Å². The summed E-state index contributed by atoms with van der Waals surface area (Å²) in [5.41, 5.74) is 0.852. The highest BCUT2D eigenvalue weighted by atomic mass is 16.4. The van der Waals surface area contributed by atoms with E-state index < -0.39 is 17.8 Å². The number of amides is 2. The summed E-state index contributed by atoms with van der Waals surface area (Å²) in [5, 5.41) is 18.9. The van der Waals surface area contributed by atoms with Crippen LogP contribution in [0.2, 0.25) is 0 Å². The minimum Gasteiger partial charge on any atom is -0.478 e.